The van der Waals surface area contributed by atoms with Crippen LogP contribution < -0.4 is 10.1 Å². The van der Waals surface area contributed by atoms with Gasteiger partial charge in [-0.15, -0.1) is 0 Å². The van der Waals surface area contributed by atoms with E-state index in [9.17, 15) is 4.79 Å². The minimum Gasteiger partial charge on any atom is -0.488 e. The zero-order valence-electron chi connectivity index (χ0n) is 13.4. The molecule has 5 nitrogen and oxygen atoms in total. The second kappa shape index (κ2) is 6.61. The van der Waals surface area contributed by atoms with E-state index in [1.54, 1.807) is 0 Å². The highest BCUT2D eigenvalue weighted by molar-refractivity contribution is 6.30. The largest absolute Gasteiger partial charge is 0.488 e. The number of aromatic nitrogens is 2. The van der Waals surface area contributed by atoms with Gasteiger partial charge in [-0.25, -0.2) is 0 Å². The van der Waals surface area contributed by atoms with E-state index < -0.39 is 0 Å². The number of nitrogens with zero attached hydrogens (tertiary/aromatic N) is 1. The van der Waals surface area contributed by atoms with E-state index in [0.717, 1.165) is 28.1 Å². The van der Waals surface area contributed by atoms with Crippen molar-refractivity contribution in [1.29, 1.82) is 0 Å². The summed E-state index contributed by atoms with van der Waals surface area (Å²) in [5.41, 5.74) is 4.01. The average Bonchev–Trinajstić information content (AvgIpc) is 3.06. The molecule has 25 heavy (non-hydrogen) atoms. The number of H-pyrrole nitrogens is 1. The maximum atomic E-state index is 12.5. The first-order chi connectivity index (χ1) is 12.2. The lowest BCUT2D eigenvalue weighted by Gasteiger charge is -2.17. The van der Waals surface area contributed by atoms with Gasteiger partial charge in [0.15, 0.2) is 0 Å². The summed E-state index contributed by atoms with van der Waals surface area (Å²) in [6.45, 7) is 0.851. The molecule has 0 unspecified atom stereocenters. The van der Waals surface area contributed by atoms with Crippen molar-refractivity contribution in [3.05, 3.63) is 70.4 Å². The lowest BCUT2D eigenvalue weighted by atomic mass is 10.0. The van der Waals surface area contributed by atoms with Crippen molar-refractivity contribution in [2.45, 2.75) is 13.0 Å². The number of ether oxygens (including phenoxy) is 1. The summed E-state index contributed by atoms with van der Waals surface area (Å²) in [5, 5.41) is 10.8. The number of hydrogen-bond acceptors (Lipinski definition) is 3. The smallest absolute Gasteiger partial charge is 0.269 e. The Kier molecular flexibility index (Phi) is 4.15. The predicted octanol–water partition coefficient (Wildman–Crippen LogP) is 3.60. The molecule has 1 aromatic heterocycles. The number of fused-ring (bicyclic) bond motifs is 3. The van der Waals surface area contributed by atoms with E-state index in [1.165, 1.54) is 0 Å². The Morgan fingerprint density at radius 1 is 1.24 bits per heavy atom. The van der Waals surface area contributed by atoms with Gasteiger partial charge in [0.05, 0.1) is 0 Å². The van der Waals surface area contributed by atoms with Crippen LogP contribution in [0.25, 0.3) is 11.3 Å². The van der Waals surface area contributed by atoms with Crippen LogP contribution in [0, 0.1) is 0 Å². The lowest BCUT2D eigenvalue weighted by Crippen LogP contribution is -2.27. The summed E-state index contributed by atoms with van der Waals surface area (Å²) in [6, 6.07) is 15.3. The van der Waals surface area contributed by atoms with Gasteiger partial charge in [-0.1, -0.05) is 35.9 Å². The Morgan fingerprint density at radius 3 is 3.00 bits per heavy atom. The van der Waals surface area contributed by atoms with Crippen molar-refractivity contribution in [3.8, 4) is 17.0 Å². The van der Waals surface area contributed by atoms with E-state index in [4.69, 9.17) is 16.3 Å². The van der Waals surface area contributed by atoms with Crippen LogP contribution in [-0.4, -0.2) is 22.6 Å². The summed E-state index contributed by atoms with van der Waals surface area (Å²) >= 11 is 5.97. The van der Waals surface area contributed by atoms with Gasteiger partial charge in [0, 0.05) is 22.7 Å². The number of benzene rings is 2. The van der Waals surface area contributed by atoms with Crippen molar-refractivity contribution in [2.75, 3.05) is 6.54 Å². The Balaban J connectivity index is 1.46. The molecule has 0 aliphatic carbocycles. The molecule has 2 N–H and O–H groups in total. The predicted molar refractivity (Wildman–Crippen MR) is 95.8 cm³/mol. The molecule has 126 valence electrons. The molecule has 2 aromatic carbocycles. The van der Waals surface area contributed by atoms with Crippen molar-refractivity contribution >= 4 is 17.5 Å². The number of nitrogens with one attached hydrogen (secondary N) is 2. The van der Waals surface area contributed by atoms with E-state index in [2.05, 4.69) is 15.5 Å². The Labute approximate surface area is 150 Å². The van der Waals surface area contributed by atoms with E-state index in [0.29, 0.717) is 30.3 Å². The highest BCUT2D eigenvalue weighted by Gasteiger charge is 2.25. The topological polar surface area (TPSA) is 67.0 Å². The Hall–Kier alpha value is -2.79. The van der Waals surface area contributed by atoms with Crippen molar-refractivity contribution in [2.24, 2.45) is 0 Å². The van der Waals surface area contributed by atoms with E-state index in [-0.39, 0.29) is 5.91 Å². The molecular weight excluding hydrogens is 338 g/mol. The summed E-state index contributed by atoms with van der Waals surface area (Å²) in [5.74, 6) is 0.605. The number of amides is 1. The molecule has 0 atom stereocenters. The number of halogens is 1. The standard InChI is InChI=1S/C19H16ClN3O2/c20-13-5-3-4-12(10-13)8-9-21-19(24)18-15-11-25-16-7-2-1-6-14(16)17(15)22-23-18/h1-7,10H,8-9,11H2,(H,21,24)(H,22,23). The summed E-state index contributed by atoms with van der Waals surface area (Å²) in [7, 11) is 0. The molecule has 0 saturated heterocycles. The third-order valence-corrected chi connectivity index (χ3v) is 4.43. The van der Waals surface area contributed by atoms with Crippen LogP contribution in [0.5, 0.6) is 5.75 Å². The molecule has 0 fully saturated rings. The number of hydrogen-bond donors (Lipinski definition) is 2. The lowest BCUT2D eigenvalue weighted by molar-refractivity contribution is 0.0946. The highest BCUT2D eigenvalue weighted by atomic mass is 35.5. The molecule has 1 amide bonds. The van der Waals surface area contributed by atoms with Crippen LogP contribution in [0.4, 0.5) is 0 Å². The van der Waals surface area contributed by atoms with E-state index >= 15 is 0 Å². The van der Waals surface area contributed by atoms with Gasteiger partial charge in [-0.2, -0.15) is 5.10 Å². The summed E-state index contributed by atoms with van der Waals surface area (Å²) < 4.78 is 5.73. The Morgan fingerprint density at radius 2 is 2.12 bits per heavy atom. The quantitative estimate of drug-likeness (QED) is 0.753. The zero-order valence-corrected chi connectivity index (χ0v) is 14.1. The first-order valence-electron chi connectivity index (χ1n) is 8.04. The summed E-state index contributed by atoms with van der Waals surface area (Å²) in [6.07, 6.45) is 0.710. The molecule has 0 spiro atoms. The molecule has 3 aromatic rings. The first kappa shape index (κ1) is 15.7. The van der Waals surface area contributed by atoms with E-state index in [1.807, 2.05) is 48.5 Å². The molecule has 0 saturated carbocycles. The van der Waals surface area contributed by atoms with Crippen LogP contribution in [0.3, 0.4) is 0 Å². The fourth-order valence-corrected chi connectivity index (χ4v) is 3.17. The zero-order chi connectivity index (χ0) is 17.2. The molecular formula is C19H16ClN3O2. The molecule has 2 heterocycles. The first-order valence-corrected chi connectivity index (χ1v) is 8.42. The molecule has 0 radical (unpaired) electrons. The molecule has 6 heteroatoms. The molecule has 4 rings (SSSR count). The van der Waals surface area contributed by atoms with Gasteiger partial charge in [0.25, 0.3) is 5.91 Å². The number of rotatable bonds is 4. The third kappa shape index (κ3) is 3.10. The third-order valence-electron chi connectivity index (χ3n) is 4.20. The van der Waals surface area contributed by atoms with Gasteiger partial charge in [-0.3, -0.25) is 9.89 Å². The summed E-state index contributed by atoms with van der Waals surface area (Å²) in [4.78, 5) is 12.5. The van der Waals surface area contributed by atoms with Crippen molar-refractivity contribution < 1.29 is 9.53 Å². The minimum absolute atomic E-state index is 0.182. The SMILES string of the molecule is O=C(NCCc1cccc(Cl)c1)c1[nH]nc2c1COc1ccccc1-2. The van der Waals surface area contributed by atoms with Crippen LogP contribution in [0.1, 0.15) is 21.6 Å². The van der Waals surface area contributed by atoms with Gasteiger partial charge in [-0.05, 0) is 36.2 Å². The minimum atomic E-state index is -0.182. The van der Waals surface area contributed by atoms with Gasteiger partial charge in [0.1, 0.15) is 23.7 Å². The fourth-order valence-electron chi connectivity index (χ4n) is 2.96. The van der Waals surface area contributed by atoms with Crippen LogP contribution in [0.15, 0.2) is 48.5 Å². The maximum Gasteiger partial charge on any atom is 0.269 e. The van der Waals surface area contributed by atoms with Crippen molar-refractivity contribution in [1.82, 2.24) is 15.5 Å². The number of carbonyl (C=O) groups excluding carboxylic acids is 1. The maximum absolute atomic E-state index is 12.5. The van der Waals surface area contributed by atoms with Crippen LogP contribution in [0.2, 0.25) is 5.02 Å². The normalized spacial score (nSPS) is 12.0. The van der Waals surface area contributed by atoms with Crippen molar-refractivity contribution in [3.63, 3.8) is 0 Å². The number of aromatic amines is 1. The molecule has 1 aliphatic rings. The second-order valence-electron chi connectivity index (χ2n) is 5.85. The monoisotopic (exact) mass is 353 g/mol. The van der Waals surface area contributed by atoms with Gasteiger partial charge >= 0.3 is 0 Å². The van der Waals surface area contributed by atoms with Crippen LogP contribution in [-0.2, 0) is 13.0 Å². The van der Waals surface area contributed by atoms with Crippen LogP contribution >= 0.6 is 11.6 Å². The molecule has 0 bridgehead atoms. The number of carbonyl (C=O) groups is 1. The average molecular weight is 354 g/mol. The second-order valence-corrected chi connectivity index (χ2v) is 6.28. The highest BCUT2D eigenvalue weighted by Crippen LogP contribution is 2.36. The van der Waals surface area contributed by atoms with Gasteiger partial charge < -0.3 is 10.1 Å². The fraction of sp³-hybridized carbons (Fsp3) is 0.158. The number of para-hydroxylation sites is 1. The molecule has 1 aliphatic heterocycles. The Bertz CT molecular complexity index is 936. The van der Waals surface area contributed by atoms with Gasteiger partial charge in [0.2, 0.25) is 0 Å².